The van der Waals surface area contributed by atoms with E-state index in [0.29, 0.717) is 37.2 Å². The van der Waals surface area contributed by atoms with Gasteiger partial charge in [0.15, 0.2) is 0 Å². The molecule has 1 fully saturated rings. The monoisotopic (exact) mass is 407 g/mol. The Balaban J connectivity index is 1.42. The Hall–Kier alpha value is -3.04. The highest BCUT2D eigenvalue weighted by molar-refractivity contribution is 5.52. The van der Waals surface area contributed by atoms with Crippen molar-refractivity contribution in [2.75, 3.05) is 29.9 Å². The van der Waals surface area contributed by atoms with Gasteiger partial charge in [-0.05, 0) is 31.9 Å². The summed E-state index contributed by atoms with van der Waals surface area (Å²) < 4.78 is 4.96. The molecule has 0 amide bonds. The number of hydrogen-bond acceptors (Lipinski definition) is 8. The van der Waals surface area contributed by atoms with Gasteiger partial charge >= 0.3 is 0 Å². The lowest BCUT2D eigenvalue weighted by atomic mass is 10.1. The highest BCUT2D eigenvalue weighted by Gasteiger charge is 2.38. The number of nitrogens with one attached hydrogen (secondary N) is 1. The zero-order valence-corrected chi connectivity index (χ0v) is 17.0. The fourth-order valence-electron chi connectivity index (χ4n) is 4.51. The van der Waals surface area contributed by atoms with E-state index in [1.165, 1.54) is 6.26 Å². The van der Waals surface area contributed by atoms with E-state index in [-0.39, 0.29) is 10.7 Å². The van der Waals surface area contributed by atoms with Gasteiger partial charge in [-0.1, -0.05) is 0 Å². The lowest BCUT2D eigenvalue weighted by Gasteiger charge is -2.43. The van der Waals surface area contributed by atoms with Crippen LogP contribution in [0.15, 0.2) is 41.4 Å². The maximum absolute atomic E-state index is 13.9. The van der Waals surface area contributed by atoms with Crippen LogP contribution in [0.3, 0.4) is 0 Å². The first-order valence-electron chi connectivity index (χ1n) is 10.4. The summed E-state index contributed by atoms with van der Waals surface area (Å²) in [5.41, 5.74) is 2.48. The molecule has 3 aromatic heterocycles. The van der Waals surface area contributed by atoms with Gasteiger partial charge in [0.1, 0.15) is 30.9 Å². The highest BCUT2D eigenvalue weighted by Crippen LogP contribution is 2.35. The summed E-state index contributed by atoms with van der Waals surface area (Å²) in [5.74, 6) is 2.02. The lowest BCUT2D eigenvalue weighted by Crippen LogP contribution is -2.47. The summed E-state index contributed by atoms with van der Waals surface area (Å²) in [5, 5.41) is 17.1. The van der Waals surface area contributed by atoms with Gasteiger partial charge in [0, 0.05) is 31.0 Å². The molecule has 1 unspecified atom stereocenters. The van der Waals surface area contributed by atoms with E-state index < -0.39 is 0 Å². The molecular weight excluding hydrogens is 382 g/mol. The van der Waals surface area contributed by atoms with Crippen LogP contribution in [0.1, 0.15) is 30.9 Å². The molecule has 2 aliphatic rings. The number of hydrogen-bond donors (Lipinski definition) is 1. The van der Waals surface area contributed by atoms with Crippen LogP contribution in [0.5, 0.6) is 0 Å². The first kappa shape index (κ1) is 19.0. The fraction of sp³-hybridized carbons (Fsp3) is 0.429. The quantitative estimate of drug-likeness (QED) is 0.509. The molecule has 0 radical (unpaired) electrons. The van der Waals surface area contributed by atoms with E-state index in [1.807, 2.05) is 25.3 Å². The topological polar surface area (TPSA) is 103 Å². The number of pyridine rings is 1. The van der Waals surface area contributed by atoms with E-state index in [2.05, 4.69) is 25.2 Å². The molecule has 0 spiro atoms. The number of quaternary nitrogens is 1. The molecule has 2 aliphatic heterocycles. The van der Waals surface area contributed by atoms with Crippen LogP contribution in [-0.2, 0) is 13.1 Å². The van der Waals surface area contributed by atoms with Crippen LogP contribution in [0, 0.1) is 5.21 Å². The van der Waals surface area contributed by atoms with Crippen molar-refractivity contribution in [2.24, 2.45) is 0 Å². The second-order valence-corrected chi connectivity index (χ2v) is 8.01. The van der Waals surface area contributed by atoms with Gasteiger partial charge in [0.05, 0.1) is 24.3 Å². The van der Waals surface area contributed by atoms with Gasteiger partial charge in [-0.3, -0.25) is 4.98 Å². The molecule has 30 heavy (non-hydrogen) atoms. The van der Waals surface area contributed by atoms with Gasteiger partial charge in [-0.2, -0.15) is 4.98 Å². The summed E-state index contributed by atoms with van der Waals surface area (Å²) in [6.07, 6.45) is 8.78. The number of anilines is 2. The molecule has 0 saturated carbocycles. The normalized spacial score (nSPS) is 23.0. The van der Waals surface area contributed by atoms with Crippen molar-refractivity contribution in [3.63, 3.8) is 0 Å². The predicted octanol–water partition coefficient (Wildman–Crippen LogP) is 2.96. The molecule has 9 nitrogen and oxygen atoms in total. The maximum atomic E-state index is 13.9. The van der Waals surface area contributed by atoms with E-state index in [9.17, 15) is 5.21 Å². The molecule has 0 aliphatic carbocycles. The Bertz CT molecular complexity index is 1010. The van der Waals surface area contributed by atoms with Crippen molar-refractivity contribution in [2.45, 2.75) is 38.9 Å². The molecule has 156 valence electrons. The average Bonchev–Trinajstić information content (AvgIpc) is 3.40. The zero-order chi connectivity index (χ0) is 20.6. The van der Waals surface area contributed by atoms with Crippen LogP contribution in [0.2, 0.25) is 0 Å². The van der Waals surface area contributed by atoms with E-state index in [4.69, 9.17) is 9.40 Å². The van der Waals surface area contributed by atoms with Crippen molar-refractivity contribution in [3.05, 3.63) is 53.3 Å². The number of nitrogens with zero attached hydrogens (tertiary/aromatic N) is 6. The molecule has 5 rings (SSSR count). The van der Waals surface area contributed by atoms with Crippen LogP contribution in [0.4, 0.5) is 11.8 Å². The molecule has 9 heteroatoms. The summed E-state index contributed by atoms with van der Waals surface area (Å²) >= 11 is 0. The van der Waals surface area contributed by atoms with Crippen LogP contribution >= 0.6 is 0 Å². The van der Waals surface area contributed by atoms with E-state index >= 15 is 0 Å². The number of hydroxylamine groups is 3. The van der Waals surface area contributed by atoms with Crippen molar-refractivity contribution < 1.29 is 9.06 Å². The number of oxazole rings is 1. The Labute approximate surface area is 175 Å². The summed E-state index contributed by atoms with van der Waals surface area (Å²) in [4.78, 5) is 20.0. The molecule has 3 aromatic rings. The number of fused-ring (bicyclic) bond motifs is 3. The third-order valence-corrected chi connectivity index (χ3v) is 5.77. The van der Waals surface area contributed by atoms with Gasteiger partial charge in [0.2, 0.25) is 11.8 Å². The van der Waals surface area contributed by atoms with Gasteiger partial charge in [-0.25, -0.2) is 9.97 Å². The minimum absolute atomic E-state index is 0.202. The Morgan fingerprint density at radius 2 is 2.20 bits per heavy atom. The first-order valence-corrected chi connectivity index (χ1v) is 10.4. The van der Waals surface area contributed by atoms with Crippen LogP contribution < -0.4 is 10.2 Å². The molecule has 5 heterocycles. The van der Waals surface area contributed by atoms with Gasteiger partial charge < -0.3 is 24.5 Å². The standard InChI is InChI=1S/C21H25N7O2/c1-2-22-21-25-11-16-13-28(29,14-17-4-3-8-27(17)19(16)26-21)12-15-5-6-18(24-10-15)20-23-7-9-30-20/h5-7,9-11,17H,2-4,8,12-14H2,1H3,(H,22,25,26)/t17-,28?/m0/s1. The third kappa shape index (κ3) is 3.61. The first-order chi connectivity index (χ1) is 14.6. The van der Waals surface area contributed by atoms with Crippen molar-refractivity contribution in [3.8, 4) is 11.6 Å². The fourth-order valence-corrected chi connectivity index (χ4v) is 4.51. The predicted molar refractivity (Wildman–Crippen MR) is 112 cm³/mol. The van der Waals surface area contributed by atoms with Gasteiger partial charge in [-0.15, -0.1) is 0 Å². The Morgan fingerprint density at radius 3 is 2.97 bits per heavy atom. The molecule has 1 N–H and O–H groups in total. The average molecular weight is 407 g/mol. The van der Waals surface area contributed by atoms with E-state index in [0.717, 1.165) is 42.9 Å². The van der Waals surface area contributed by atoms with Crippen molar-refractivity contribution >= 4 is 11.8 Å². The SMILES string of the molecule is CCNc1ncc2c(n1)N1CCC[C@H]1C[N+]([O-])(Cc1ccc(-c3ncco3)nc1)C2. The smallest absolute Gasteiger partial charge is 0.244 e. The molecule has 0 bridgehead atoms. The minimum atomic E-state index is -0.335. The minimum Gasteiger partial charge on any atom is -0.632 e. The van der Waals surface area contributed by atoms with Crippen molar-refractivity contribution in [1.82, 2.24) is 19.9 Å². The maximum Gasteiger partial charge on any atom is 0.244 e. The second kappa shape index (κ2) is 7.66. The van der Waals surface area contributed by atoms with E-state index in [1.54, 1.807) is 12.4 Å². The van der Waals surface area contributed by atoms with Crippen LogP contribution in [0.25, 0.3) is 11.6 Å². The van der Waals surface area contributed by atoms with Crippen LogP contribution in [-0.4, -0.2) is 50.3 Å². The Morgan fingerprint density at radius 1 is 1.27 bits per heavy atom. The lowest BCUT2D eigenvalue weighted by molar-refractivity contribution is -0.907. The molecule has 1 saturated heterocycles. The number of aromatic nitrogens is 4. The largest absolute Gasteiger partial charge is 0.632 e. The molecule has 0 aromatic carbocycles. The van der Waals surface area contributed by atoms with Crippen molar-refractivity contribution in [1.29, 1.82) is 0 Å². The molecular formula is C21H25N7O2. The summed E-state index contributed by atoms with van der Waals surface area (Å²) in [7, 11) is 0. The number of rotatable bonds is 5. The Kier molecular flexibility index (Phi) is 4.84. The zero-order valence-electron chi connectivity index (χ0n) is 17.0. The second-order valence-electron chi connectivity index (χ2n) is 8.01. The highest BCUT2D eigenvalue weighted by atomic mass is 16.5. The van der Waals surface area contributed by atoms with Gasteiger partial charge in [0.25, 0.3) is 0 Å². The summed E-state index contributed by atoms with van der Waals surface area (Å²) in [6, 6.07) is 3.99. The molecule has 2 atom stereocenters. The summed E-state index contributed by atoms with van der Waals surface area (Å²) in [6.45, 7) is 4.98. The third-order valence-electron chi connectivity index (χ3n) is 5.77.